The second-order valence-electron chi connectivity index (χ2n) is 6.39. The highest BCUT2D eigenvalue weighted by atomic mass is 35.5. The number of fused-ring (bicyclic) bond motifs is 1. The van der Waals surface area contributed by atoms with Crippen LogP contribution in [0.2, 0.25) is 5.02 Å². The molecule has 0 saturated carbocycles. The second kappa shape index (κ2) is 9.54. The predicted molar refractivity (Wildman–Crippen MR) is 117 cm³/mol. The summed E-state index contributed by atoms with van der Waals surface area (Å²) in [6.07, 6.45) is 0. The van der Waals surface area contributed by atoms with Crippen molar-refractivity contribution in [1.82, 2.24) is 5.32 Å². The summed E-state index contributed by atoms with van der Waals surface area (Å²) in [6, 6.07) is 11.3. The molecule has 2 N–H and O–H groups in total. The number of anilines is 1. The van der Waals surface area contributed by atoms with Crippen molar-refractivity contribution in [2.45, 2.75) is 6.92 Å². The maximum Gasteiger partial charge on any atom is 0.325 e. The minimum Gasteiger partial charge on any atom is -0.454 e. The van der Waals surface area contributed by atoms with Crippen LogP contribution in [0.3, 0.4) is 0 Å². The van der Waals surface area contributed by atoms with Crippen molar-refractivity contribution in [2.75, 3.05) is 18.5 Å². The van der Waals surface area contributed by atoms with E-state index < -0.39 is 35.9 Å². The number of aryl methyl sites for hydroxylation is 1. The summed E-state index contributed by atoms with van der Waals surface area (Å²) < 4.78 is 5.68. The Labute approximate surface area is 185 Å². The Hall–Kier alpha value is -3.50. The van der Waals surface area contributed by atoms with Gasteiger partial charge in [0, 0.05) is 22.2 Å². The number of nitrogens with one attached hydrogen (secondary N) is 2. The van der Waals surface area contributed by atoms with Gasteiger partial charge in [-0.2, -0.15) is 0 Å². The Morgan fingerprint density at radius 3 is 2.65 bits per heavy atom. The van der Waals surface area contributed by atoms with Gasteiger partial charge in [0.2, 0.25) is 0 Å². The molecule has 0 atom stereocenters. The summed E-state index contributed by atoms with van der Waals surface area (Å²) in [4.78, 5) is 46.7. The van der Waals surface area contributed by atoms with Gasteiger partial charge in [0.05, 0.1) is 15.6 Å². The monoisotopic (exact) mass is 461 g/mol. The first-order valence-electron chi connectivity index (χ1n) is 8.92. The van der Waals surface area contributed by atoms with E-state index in [1.54, 1.807) is 19.1 Å². The van der Waals surface area contributed by atoms with Crippen LogP contribution in [0.25, 0.3) is 10.1 Å². The quantitative estimate of drug-likeness (QED) is 0.314. The van der Waals surface area contributed by atoms with Crippen molar-refractivity contribution in [2.24, 2.45) is 0 Å². The highest BCUT2D eigenvalue weighted by Crippen LogP contribution is 2.34. The SMILES string of the molecule is Cc1ccc([N+](=O)[O-])cc1NC(=O)COC(=O)CNC(=O)c1sc2ccccc2c1Cl. The molecule has 0 aliphatic heterocycles. The Morgan fingerprint density at radius 1 is 1.19 bits per heavy atom. The number of rotatable bonds is 7. The lowest BCUT2D eigenvalue weighted by Crippen LogP contribution is -2.32. The lowest BCUT2D eigenvalue weighted by molar-refractivity contribution is -0.384. The molecule has 0 aliphatic carbocycles. The van der Waals surface area contributed by atoms with Gasteiger partial charge in [0.1, 0.15) is 11.4 Å². The van der Waals surface area contributed by atoms with Gasteiger partial charge in [0.25, 0.3) is 17.5 Å². The number of ether oxygens (including phenoxy) is 1. The minimum atomic E-state index is -0.823. The molecule has 31 heavy (non-hydrogen) atoms. The fourth-order valence-corrected chi connectivity index (χ4v) is 4.07. The van der Waals surface area contributed by atoms with Gasteiger partial charge in [-0.3, -0.25) is 24.5 Å². The van der Waals surface area contributed by atoms with Gasteiger partial charge in [-0.05, 0) is 18.6 Å². The average Bonchev–Trinajstić information content (AvgIpc) is 3.08. The number of carbonyl (C=O) groups is 3. The number of nitrogens with zero attached hydrogens (tertiary/aromatic N) is 1. The Bertz CT molecular complexity index is 1190. The molecule has 0 saturated heterocycles. The number of hydrogen-bond donors (Lipinski definition) is 2. The number of carbonyl (C=O) groups excluding carboxylic acids is 3. The van der Waals surface area contributed by atoms with Crippen LogP contribution in [0, 0.1) is 17.0 Å². The molecule has 2 amide bonds. The van der Waals surface area contributed by atoms with Crippen LogP contribution in [0.5, 0.6) is 0 Å². The summed E-state index contributed by atoms with van der Waals surface area (Å²) in [5, 5.41) is 16.8. The van der Waals surface area contributed by atoms with E-state index in [9.17, 15) is 24.5 Å². The summed E-state index contributed by atoms with van der Waals surface area (Å²) in [5.41, 5.74) is 0.668. The fraction of sp³-hybridized carbons (Fsp3) is 0.150. The van der Waals surface area contributed by atoms with Crippen LogP contribution in [-0.2, 0) is 14.3 Å². The van der Waals surface area contributed by atoms with E-state index in [1.165, 1.54) is 29.5 Å². The molecular formula is C20H16ClN3O6S. The van der Waals surface area contributed by atoms with Crippen LogP contribution in [0.4, 0.5) is 11.4 Å². The normalized spacial score (nSPS) is 10.5. The molecule has 3 rings (SSSR count). The maximum atomic E-state index is 12.3. The molecule has 0 bridgehead atoms. The molecule has 0 fully saturated rings. The zero-order valence-electron chi connectivity index (χ0n) is 16.1. The summed E-state index contributed by atoms with van der Waals surface area (Å²) in [7, 11) is 0. The number of halogens is 1. The fourth-order valence-electron chi connectivity index (χ4n) is 2.63. The first-order valence-corrected chi connectivity index (χ1v) is 10.1. The van der Waals surface area contributed by atoms with Crippen LogP contribution < -0.4 is 10.6 Å². The Morgan fingerprint density at radius 2 is 1.94 bits per heavy atom. The van der Waals surface area contributed by atoms with E-state index in [2.05, 4.69) is 10.6 Å². The molecule has 0 radical (unpaired) electrons. The molecule has 160 valence electrons. The lowest BCUT2D eigenvalue weighted by Gasteiger charge is -2.09. The van der Waals surface area contributed by atoms with Gasteiger partial charge in [-0.1, -0.05) is 35.9 Å². The smallest absolute Gasteiger partial charge is 0.325 e. The molecule has 1 aromatic heterocycles. The van der Waals surface area contributed by atoms with Gasteiger partial charge in [0.15, 0.2) is 6.61 Å². The molecule has 0 aliphatic rings. The average molecular weight is 462 g/mol. The van der Waals surface area contributed by atoms with Crippen molar-refractivity contribution in [3.63, 3.8) is 0 Å². The molecule has 3 aromatic rings. The number of non-ortho nitro benzene ring substituents is 1. The number of nitro groups is 1. The number of nitro benzene ring substituents is 1. The molecule has 0 unspecified atom stereocenters. The predicted octanol–water partition coefficient (Wildman–Crippen LogP) is 3.68. The Kier molecular flexibility index (Phi) is 6.83. The van der Waals surface area contributed by atoms with Crippen molar-refractivity contribution in [3.05, 3.63) is 68.0 Å². The molecule has 11 heteroatoms. The van der Waals surface area contributed by atoms with Crippen molar-refractivity contribution >= 4 is 62.2 Å². The van der Waals surface area contributed by atoms with Crippen molar-refractivity contribution < 1.29 is 24.0 Å². The van der Waals surface area contributed by atoms with E-state index in [-0.39, 0.29) is 16.3 Å². The zero-order valence-corrected chi connectivity index (χ0v) is 17.7. The number of esters is 1. The van der Waals surface area contributed by atoms with Crippen LogP contribution in [0.15, 0.2) is 42.5 Å². The molecular weight excluding hydrogens is 446 g/mol. The van der Waals surface area contributed by atoms with Gasteiger partial charge < -0.3 is 15.4 Å². The minimum absolute atomic E-state index is 0.180. The van der Waals surface area contributed by atoms with Gasteiger partial charge in [-0.25, -0.2) is 0 Å². The van der Waals surface area contributed by atoms with Crippen LogP contribution in [-0.4, -0.2) is 35.9 Å². The highest BCUT2D eigenvalue weighted by molar-refractivity contribution is 7.21. The number of thiophene rings is 1. The van der Waals surface area contributed by atoms with E-state index in [0.717, 1.165) is 10.1 Å². The standard InChI is InChI=1S/C20H16ClN3O6S/c1-11-6-7-12(24(28)29)8-14(11)23-16(25)10-30-17(26)9-22-20(27)19-18(21)13-4-2-3-5-15(13)31-19/h2-8H,9-10H2,1H3,(H,22,27)(H,23,25). The topological polar surface area (TPSA) is 128 Å². The third kappa shape index (κ3) is 5.36. The lowest BCUT2D eigenvalue weighted by atomic mass is 10.2. The van der Waals surface area contributed by atoms with E-state index in [0.29, 0.717) is 10.6 Å². The number of amides is 2. The summed E-state index contributed by atoms with van der Waals surface area (Å²) >= 11 is 7.43. The number of hydrogen-bond acceptors (Lipinski definition) is 7. The van der Waals surface area contributed by atoms with Gasteiger partial charge >= 0.3 is 5.97 Å². The van der Waals surface area contributed by atoms with Crippen molar-refractivity contribution in [1.29, 1.82) is 0 Å². The zero-order chi connectivity index (χ0) is 22.5. The molecule has 0 spiro atoms. The second-order valence-corrected chi connectivity index (χ2v) is 7.82. The first-order chi connectivity index (χ1) is 14.8. The highest BCUT2D eigenvalue weighted by Gasteiger charge is 2.18. The van der Waals surface area contributed by atoms with Crippen molar-refractivity contribution in [3.8, 4) is 0 Å². The van der Waals surface area contributed by atoms with Gasteiger partial charge in [-0.15, -0.1) is 11.3 Å². The third-order valence-corrected chi connectivity index (χ3v) is 5.88. The van der Waals surface area contributed by atoms with Crippen LogP contribution in [0.1, 0.15) is 15.2 Å². The summed E-state index contributed by atoms with van der Waals surface area (Å²) in [6.45, 7) is 0.604. The number of benzene rings is 2. The van der Waals surface area contributed by atoms with E-state index >= 15 is 0 Å². The molecule has 9 nitrogen and oxygen atoms in total. The van der Waals surface area contributed by atoms with E-state index in [1.807, 2.05) is 12.1 Å². The third-order valence-electron chi connectivity index (χ3n) is 4.20. The molecule has 1 heterocycles. The Balaban J connectivity index is 1.50. The maximum absolute atomic E-state index is 12.3. The first kappa shape index (κ1) is 22.2. The summed E-state index contributed by atoms with van der Waals surface area (Å²) in [5.74, 6) is -2.02. The molecule has 2 aromatic carbocycles. The largest absolute Gasteiger partial charge is 0.454 e. The van der Waals surface area contributed by atoms with Crippen LogP contribution >= 0.6 is 22.9 Å². The van der Waals surface area contributed by atoms with E-state index in [4.69, 9.17) is 16.3 Å².